The molecular weight excluding hydrogens is 444 g/mol. The molecule has 8 rings (SSSR count). The van der Waals surface area contributed by atoms with Gasteiger partial charge in [-0.25, -0.2) is 0 Å². The third kappa shape index (κ3) is 2.96. The van der Waals surface area contributed by atoms with Gasteiger partial charge in [-0.3, -0.25) is 0 Å². The maximum Gasteiger partial charge on any atom is 0.0293 e. The van der Waals surface area contributed by atoms with Crippen molar-refractivity contribution in [1.82, 2.24) is 0 Å². The van der Waals surface area contributed by atoms with E-state index in [2.05, 4.69) is 128 Å². The van der Waals surface area contributed by atoms with Gasteiger partial charge in [0.15, 0.2) is 0 Å². The Morgan fingerprint density at radius 1 is 0.649 bits per heavy atom. The van der Waals surface area contributed by atoms with Crippen LogP contribution in [0.25, 0.3) is 39.1 Å². The zero-order valence-electron chi connectivity index (χ0n) is 20.8. The van der Waals surface area contributed by atoms with Crippen LogP contribution in [0.1, 0.15) is 35.1 Å². The zero-order chi connectivity index (χ0) is 24.5. The van der Waals surface area contributed by atoms with Crippen molar-refractivity contribution in [3.63, 3.8) is 0 Å². The lowest BCUT2D eigenvalue weighted by molar-refractivity contribution is 1.08. The molecule has 1 atom stereocenters. The summed E-state index contributed by atoms with van der Waals surface area (Å²) in [5.74, 6) is 0.221. The van der Waals surface area contributed by atoms with Crippen LogP contribution in [0.2, 0.25) is 0 Å². The van der Waals surface area contributed by atoms with Crippen LogP contribution in [0.15, 0.2) is 126 Å². The summed E-state index contributed by atoms with van der Waals surface area (Å²) in [7, 11) is 0. The van der Waals surface area contributed by atoms with Crippen molar-refractivity contribution in [2.45, 2.75) is 19.3 Å². The normalized spacial score (nSPS) is 17.2. The maximum absolute atomic E-state index is 2.52. The molecule has 0 heterocycles. The molecule has 5 aromatic carbocycles. The van der Waals surface area contributed by atoms with Gasteiger partial charge in [0, 0.05) is 5.92 Å². The van der Waals surface area contributed by atoms with Gasteiger partial charge in [-0.1, -0.05) is 115 Å². The van der Waals surface area contributed by atoms with Crippen LogP contribution in [0.5, 0.6) is 0 Å². The van der Waals surface area contributed by atoms with Crippen LogP contribution in [0, 0.1) is 0 Å². The van der Waals surface area contributed by atoms with E-state index in [4.69, 9.17) is 0 Å². The average Bonchev–Trinajstić information content (AvgIpc) is 3.51. The van der Waals surface area contributed by atoms with Gasteiger partial charge in [-0.15, -0.1) is 0 Å². The molecule has 1 unspecified atom stereocenters. The van der Waals surface area contributed by atoms with Crippen molar-refractivity contribution in [2.24, 2.45) is 0 Å². The number of hydrogen-bond acceptors (Lipinski definition) is 0. The number of benzene rings is 5. The summed E-state index contributed by atoms with van der Waals surface area (Å²) in [6.07, 6.45) is 5.96. The second kappa shape index (κ2) is 7.79. The Hall–Kier alpha value is -4.42. The zero-order valence-corrected chi connectivity index (χ0v) is 20.8. The molecule has 5 aromatic rings. The van der Waals surface area contributed by atoms with Crippen LogP contribution < -0.4 is 10.4 Å². The predicted molar refractivity (Wildman–Crippen MR) is 156 cm³/mol. The van der Waals surface area contributed by atoms with Gasteiger partial charge in [0.05, 0.1) is 0 Å². The van der Waals surface area contributed by atoms with Gasteiger partial charge in [0.1, 0.15) is 0 Å². The fourth-order valence-corrected chi connectivity index (χ4v) is 6.93. The highest BCUT2D eigenvalue weighted by molar-refractivity contribution is 6.05. The third-order valence-electron chi connectivity index (χ3n) is 8.51. The van der Waals surface area contributed by atoms with E-state index in [-0.39, 0.29) is 5.92 Å². The number of allylic oxidation sites excluding steroid dienone is 4. The predicted octanol–water partition coefficient (Wildman–Crippen LogP) is 7.55. The van der Waals surface area contributed by atoms with E-state index in [0.29, 0.717) is 0 Å². The van der Waals surface area contributed by atoms with Crippen molar-refractivity contribution in [1.29, 1.82) is 0 Å². The van der Waals surface area contributed by atoms with E-state index in [1.165, 1.54) is 76.9 Å². The SMILES string of the molecule is CC1=CC(c2cccc3ccccc23)C2=c3ccccc3=CC2=C1c1cccc2c1Cc1ccccc1-2. The molecule has 3 aliphatic carbocycles. The van der Waals surface area contributed by atoms with E-state index >= 15 is 0 Å². The van der Waals surface area contributed by atoms with Crippen molar-refractivity contribution < 1.29 is 0 Å². The molecule has 0 fully saturated rings. The Bertz CT molecular complexity index is 1960. The summed E-state index contributed by atoms with van der Waals surface area (Å²) in [6, 6.07) is 40.3. The van der Waals surface area contributed by atoms with Crippen LogP contribution in [-0.4, -0.2) is 0 Å². The molecule has 174 valence electrons. The van der Waals surface area contributed by atoms with Crippen molar-refractivity contribution in [3.8, 4) is 11.1 Å². The molecule has 0 aliphatic heterocycles. The Kier molecular flexibility index (Phi) is 4.37. The first kappa shape index (κ1) is 20.7. The van der Waals surface area contributed by atoms with Crippen LogP contribution in [0.4, 0.5) is 0 Å². The van der Waals surface area contributed by atoms with E-state index in [1.54, 1.807) is 0 Å². The summed E-state index contributed by atoms with van der Waals surface area (Å²) in [4.78, 5) is 0. The minimum absolute atomic E-state index is 0.221. The van der Waals surface area contributed by atoms with Crippen LogP contribution >= 0.6 is 0 Å². The van der Waals surface area contributed by atoms with Crippen LogP contribution in [0.3, 0.4) is 0 Å². The molecule has 0 heteroatoms. The maximum atomic E-state index is 2.52. The molecule has 0 saturated carbocycles. The standard InChI is InChI=1S/C37H26/c1-23-20-34(31-17-8-13-24-10-2-5-14-27(24)31)37-29-16-7-4-12-26(29)22-35(37)36(23)32-19-9-18-30-28-15-6-3-11-25(28)21-33(30)32/h2-20,22,34H,21H2,1H3. The molecule has 0 amide bonds. The van der Waals surface area contributed by atoms with Gasteiger partial charge in [-0.05, 0) is 96.3 Å². The lowest BCUT2D eigenvalue weighted by atomic mass is 9.74. The molecule has 3 aliphatic rings. The lowest BCUT2D eigenvalue weighted by Crippen LogP contribution is -2.24. The van der Waals surface area contributed by atoms with Crippen molar-refractivity contribution in [3.05, 3.63) is 159 Å². The van der Waals surface area contributed by atoms with Crippen molar-refractivity contribution in [2.75, 3.05) is 0 Å². The largest absolute Gasteiger partial charge is 0.0690 e. The summed E-state index contributed by atoms with van der Waals surface area (Å²) in [6.45, 7) is 2.32. The van der Waals surface area contributed by atoms with E-state index in [9.17, 15) is 0 Å². The van der Waals surface area contributed by atoms with Gasteiger partial charge in [0.2, 0.25) is 0 Å². The highest BCUT2D eigenvalue weighted by Gasteiger charge is 2.32. The summed E-state index contributed by atoms with van der Waals surface area (Å²) < 4.78 is 0. The molecule has 0 bridgehead atoms. The molecule has 0 spiro atoms. The van der Waals surface area contributed by atoms with Gasteiger partial charge >= 0.3 is 0 Å². The first-order valence-electron chi connectivity index (χ1n) is 13.2. The Morgan fingerprint density at radius 3 is 2.35 bits per heavy atom. The monoisotopic (exact) mass is 470 g/mol. The second-order valence-electron chi connectivity index (χ2n) is 10.5. The number of fused-ring (bicyclic) bond motifs is 6. The third-order valence-corrected chi connectivity index (χ3v) is 8.51. The molecule has 0 aromatic heterocycles. The minimum atomic E-state index is 0.221. The van der Waals surface area contributed by atoms with E-state index < -0.39 is 0 Å². The Balaban J connectivity index is 1.41. The number of rotatable bonds is 2. The topological polar surface area (TPSA) is 0 Å². The molecular formula is C37H26. The Labute approximate surface area is 217 Å². The fourth-order valence-electron chi connectivity index (χ4n) is 6.93. The first-order chi connectivity index (χ1) is 18.3. The Morgan fingerprint density at radius 2 is 1.38 bits per heavy atom. The van der Waals surface area contributed by atoms with E-state index in [1.807, 2.05) is 0 Å². The molecule has 0 N–H and O–H groups in total. The fraction of sp³-hybridized carbons (Fsp3) is 0.0811. The smallest absolute Gasteiger partial charge is 0.0293 e. The van der Waals surface area contributed by atoms with Gasteiger partial charge < -0.3 is 0 Å². The van der Waals surface area contributed by atoms with Gasteiger partial charge in [0.25, 0.3) is 0 Å². The second-order valence-corrected chi connectivity index (χ2v) is 10.5. The molecule has 0 saturated heterocycles. The highest BCUT2D eigenvalue weighted by Crippen LogP contribution is 2.49. The molecule has 37 heavy (non-hydrogen) atoms. The molecule has 0 radical (unpaired) electrons. The summed E-state index contributed by atoms with van der Waals surface area (Å²) >= 11 is 0. The summed E-state index contributed by atoms with van der Waals surface area (Å²) in [5, 5.41) is 5.34. The van der Waals surface area contributed by atoms with E-state index in [0.717, 1.165) is 6.42 Å². The quantitative estimate of drug-likeness (QED) is 0.245. The number of hydrogen-bond donors (Lipinski definition) is 0. The van der Waals surface area contributed by atoms with Crippen molar-refractivity contribution >= 4 is 28.0 Å². The summed E-state index contributed by atoms with van der Waals surface area (Å²) in [5.41, 5.74) is 14.0. The van der Waals surface area contributed by atoms with Crippen LogP contribution in [-0.2, 0) is 6.42 Å². The molecule has 0 nitrogen and oxygen atoms in total. The minimum Gasteiger partial charge on any atom is -0.0690 e. The average molecular weight is 471 g/mol. The van der Waals surface area contributed by atoms with Gasteiger partial charge in [-0.2, -0.15) is 0 Å². The first-order valence-corrected chi connectivity index (χ1v) is 13.2. The lowest BCUT2D eigenvalue weighted by Gasteiger charge is -2.29. The highest BCUT2D eigenvalue weighted by atomic mass is 14.3.